The Kier molecular flexibility index (Phi) is 6.06. The number of carbonyl (C=O) groups is 1. The molecule has 5 rings (SSSR count). The number of benzene rings is 2. The summed E-state index contributed by atoms with van der Waals surface area (Å²) < 4.78 is 2.26. The molecule has 4 heteroatoms. The molecule has 1 unspecified atom stereocenters. The van der Waals surface area contributed by atoms with Crippen molar-refractivity contribution in [3.63, 3.8) is 0 Å². The van der Waals surface area contributed by atoms with Gasteiger partial charge in [0, 0.05) is 11.6 Å². The number of rotatable bonds is 5. The van der Waals surface area contributed by atoms with E-state index in [1.807, 2.05) is 12.1 Å². The van der Waals surface area contributed by atoms with Gasteiger partial charge in [0.2, 0.25) is 5.91 Å². The first-order valence-electron chi connectivity index (χ1n) is 12.1. The summed E-state index contributed by atoms with van der Waals surface area (Å²) in [7, 11) is 0. The lowest BCUT2D eigenvalue weighted by Crippen LogP contribution is -2.43. The molecule has 3 aromatic rings. The quantitative estimate of drug-likeness (QED) is 0.533. The molecule has 2 aliphatic carbocycles. The molecule has 2 saturated carbocycles. The van der Waals surface area contributed by atoms with Crippen LogP contribution in [0.25, 0.3) is 22.4 Å². The maximum absolute atomic E-state index is 13.9. The lowest BCUT2D eigenvalue weighted by atomic mass is 9.82. The van der Waals surface area contributed by atoms with Crippen LogP contribution in [0.4, 0.5) is 0 Å². The van der Waals surface area contributed by atoms with E-state index in [4.69, 9.17) is 4.98 Å². The number of amides is 1. The smallest absolute Gasteiger partial charge is 0.243 e. The van der Waals surface area contributed by atoms with Crippen molar-refractivity contribution in [2.24, 2.45) is 5.92 Å². The van der Waals surface area contributed by atoms with E-state index in [0.717, 1.165) is 48.1 Å². The van der Waals surface area contributed by atoms with E-state index in [9.17, 15) is 4.79 Å². The second kappa shape index (κ2) is 9.25. The van der Waals surface area contributed by atoms with Crippen molar-refractivity contribution in [3.8, 4) is 11.4 Å². The van der Waals surface area contributed by atoms with Crippen LogP contribution in [0, 0.1) is 5.92 Å². The molecule has 1 amide bonds. The number of hydrogen-bond acceptors (Lipinski definition) is 2. The minimum atomic E-state index is -0.204. The topological polar surface area (TPSA) is 46.9 Å². The van der Waals surface area contributed by atoms with Crippen molar-refractivity contribution >= 4 is 16.9 Å². The number of para-hydroxylation sites is 2. The number of nitrogens with zero attached hydrogens (tertiary/aromatic N) is 2. The number of carbonyl (C=O) groups excluding carboxylic acids is 1. The van der Waals surface area contributed by atoms with Gasteiger partial charge in [-0.2, -0.15) is 0 Å². The van der Waals surface area contributed by atoms with E-state index in [2.05, 4.69) is 52.3 Å². The highest BCUT2D eigenvalue weighted by Gasteiger charge is 2.35. The average Bonchev–Trinajstić information content (AvgIpc) is 3.21. The van der Waals surface area contributed by atoms with E-state index >= 15 is 0 Å². The predicted octanol–water partition coefficient (Wildman–Crippen LogP) is 6.27. The fourth-order valence-corrected chi connectivity index (χ4v) is 5.64. The fraction of sp³-hybridized carbons (Fsp3) is 0.481. The summed E-state index contributed by atoms with van der Waals surface area (Å²) in [6.45, 7) is 0. The summed E-state index contributed by atoms with van der Waals surface area (Å²) in [4.78, 5) is 18.9. The van der Waals surface area contributed by atoms with E-state index in [1.165, 1.54) is 38.5 Å². The highest BCUT2D eigenvalue weighted by atomic mass is 16.2. The molecule has 1 heterocycles. The lowest BCUT2D eigenvalue weighted by molar-refractivity contribution is -0.127. The Morgan fingerprint density at radius 2 is 1.48 bits per heavy atom. The first-order valence-corrected chi connectivity index (χ1v) is 12.1. The van der Waals surface area contributed by atoms with Gasteiger partial charge in [0.25, 0.3) is 0 Å². The third kappa shape index (κ3) is 4.26. The minimum absolute atomic E-state index is 0.194. The van der Waals surface area contributed by atoms with Crippen LogP contribution in [-0.4, -0.2) is 21.5 Å². The third-order valence-electron chi connectivity index (χ3n) is 7.22. The van der Waals surface area contributed by atoms with Gasteiger partial charge >= 0.3 is 0 Å². The highest BCUT2D eigenvalue weighted by Crippen LogP contribution is 2.38. The molecule has 1 aromatic heterocycles. The Bertz CT molecular complexity index is 1010. The van der Waals surface area contributed by atoms with Gasteiger partial charge in [-0.3, -0.25) is 4.79 Å². The standard InChI is InChI=1S/C27H33N3O/c31-27(28-22-16-8-3-9-17-22)25(20-12-4-1-5-13-20)30-24-19-11-10-18-23(24)29-26(30)21-14-6-2-7-15-21/h2,6-7,10-11,14-15,18-20,22,25H,1,3-5,8-9,12-13,16-17H2,(H,28,31). The van der Waals surface area contributed by atoms with E-state index in [0.29, 0.717) is 12.0 Å². The second-order valence-electron chi connectivity index (χ2n) is 9.35. The lowest BCUT2D eigenvalue weighted by Gasteiger charge is -2.33. The summed E-state index contributed by atoms with van der Waals surface area (Å²) in [6.07, 6.45) is 11.9. The molecule has 0 radical (unpaired) electrons. The van der Waals surface area contributed by atoms with Crippen LogP contribution in [0.1, 0.15) is 70.3 Å². The van der Waals surface area contributed by atoms with Crippen LogP contribution < -0.4 is 5.32 Å². The van der Waals surface area contributed by atoms with Gasteiger partial charge < -0.3 is 9.88 Å². The van der Waals surface area contributed by atoms with Gasteiger partial charge in [0.05, 0.1) is 11.0 Å². The van der Waals surface area contributed by atoms with Crippen LogP contribution >= 0.6 is 0 Å². The van der Waals surface area contributed by atoms with Crippen molar-refractivity contribution in [1.82, 2.24) is 14.9 Å². The Morgan fingerprint density at radius 3 is 2.23 bits per heavy atom. The molecule has 2 aromatic carbocycles. The SMILES string of the molecule is O=C(NC1CCCCC1)C(C1CCCCC1)n1c(-c2ccccc2)nc2ccccc21. The summed E-state index contributed by atoms with van der Waals surface area (Å²) >= 11 is 0. The number of fused-ring (bicyclic) bond motifs is 1. The number of imidazole rings is 1. The van der Waals surface area contributed by atoms with Crippen molar-refractivity contribution in [1.29, 1.82) is 0 Å². The molecule has 0 saturated heterocycles. The van der Waals surface area contributed by atoms with Gasteiger partial charge in [-0.05, 0) is 43.7 Å². The van der Waals surface area contributed by atoms with Gasteiger partial charge in [-0.15, -0.1) is 0 Å². The number of hydrogen-bond donors (Lipinski definition) is 1. The van der Waals surface area contributed by atoms with E-state index in [1.54, 1.807) is 0 Å². The zero-order chi connectivity index (χ0) is 21.0. The fourth-order valence-electron chi connectivity index (χ4n) is 5.64. The normalized spacial score (nSPS) is 19.4. The molecule has 0 spiro atoms. The first-order chi connectivity index (χ1) is 15.3. The second-order valence-corrected chi connectivity index (χ2v) is 9.35. The summed E-state index contributed by atoms with van der Waals surface area (Å²) in [5, 5.41) is 3.46. The minimum Gasteiger partial charge on any atom is -0.352 e. The van der Waals surface area contributed by atoms with Crippen LogP contribution in [0.3, 0.4) is 0 Å². The molecule has 1 N–H and O–H groups in total. The molecule has 2 aliphatic rings. The molecule has 0 bridgehead atoms. The van der Waals surface area contributed by atoms with Crippen LogP contribution in [0.5, 0.6) is 0 Å². The number of nitrogens with one attached hydrogen (secondary N) is 1. The zero-order valence-corrected chi connectivity index (χ0v) is 18.3. The van der Waals surface area contributed by atoms with Crippen molar-refractivity contribution < 1.29 is 4.79 Å². The highest BCUT2D eigenvalue weighted by molar-refractivity contribution is 5.87. The molecule has 1 atom stereocenters. The summed E-state index contributed by atoms with van der Waals surface area (Å²) in [6, 6.07) is 18.8. The molecule has 31 heavy (non-hydrogen) atoms. The molecular formula is C27H33N3O. The Labute approximate surface area is 185 Å². The number of aromatic nitrogens is 2. The van der Waals surface area contributed by atoms with Crippen molar-refractivity contribution in [3.05, 3.63) is 54.6 Å². The zero-order valence-electron chi connectivity index (χ0n) is 18.3. The molecule has 4 nitrogen and oxygen atoms in total. The monoisotopic (exact) mass is 415 g/mol. The van der Waals surface area contributed by atoms with Gasteiger partial charge in [0.1, 0.15) is 11.9 Å². The molecular weight excluding hydrogens is 382 g/mol. The molecule has 162 valence electrons. The Balaban J connectivity index is 1.60. The Morgan fingerprint density at radius 1 is 0.839 bits per heavy atom. The Hall–Kier alpha value is -2.62. The third-order valence-corrected chi connectivity index (χ3v) is 7.22. The van der Waals surface area contributed by atoms with Gasteiger partial charge in [-0.1, -0.05) is 81.0 Å². The van der Waals surface area contributed by atoms with E-state index < -0.39 is 0 Å². The van der Waals surface area contributed by atoms with Crippen LogP contribution in [0.15, 0.2) is 54.6 Å². The molecule has 2 fully saturated rings. The van der Waals surface area contributed by atoms with Crippen LogP contribution in [-0.2, 0) is 4.79 Å². The average molecular weight is 416 g/mol. The van der Waals surface area contributed by atoms with Crippen molar-refractivity contribution in [2.45, 2.75) is 76.3 Å². The van der Waals surface area contributed by atoms with Crippen LogP contribution in [0.2, 0.25) is 0 Å². The first kappa shape index (κ1) is 20.3. The largest absolute Gasteiger partial charge is 0.352 e. The van der Waals surface area contributed by atoms with Gasteiger partial charge in [-0.25, -0.2) is 4.98 Å². The molecule has 0 aliphatic heterocycles. The predicted molar refractivity (Wildman–Crippen MR) is 126 cm³/mol. The maximum Gasteiger partial charge on any atom is 0.243 e. The van der Waals surface area contributed by atoms with E-state index in [-0.39, 0.29) is 11.9 Å². The summed E-state index contributed by atoms with van der Waals surface area (Å²) in [5.41, 5.74) is 3.10. The van der Waals surface area contributed by atoms with Gasteiger partial charge in [0.15, 0.2) is 0 Å². The maximum atomic E-state index is 13.9. The summed E-state index contributed by atoms with van der Waals surface area (Å²) in [5.74, 6) is 1.47. The van der Waals surface area contributed by atoms with Crippen molar-refractivity contribution in [2.75, 3.05) is 0 Å².